The monoisotopic (exact) mass is 336 g/mol. The van der Waals surface area contributed by atoms with Crippen LogP contribution in [0.1, 0.15) is 31.7 Å². The molecule has 2 aliphatic rings. The number of H-pyrrole nitrogens is 1. The molecule has 0 bridgehead atoms. The molecule has 1 aromatic carbocycles. The van der Waals surface area contributed by atoms with Crippen LogP contribution in [-0.4, -0.2) is 36.0 Å². The normalized spacial score (nSPS) is 18.4. The quantitative estimate of drug-likeness (QED) is 0.853. The summed E-state index contributed by atoms with van der Waals surface area (Å²) in [6.45, 7) is 3.54. The van der Waals surface area contributed by atoms with E-state index in [-0.39, 0.29) is 5.91 Å². The molecule has 0 unspecified atom stereocenters. The SMILES string of the molecule is COc1ccc2[nH]cc(C3=CCN(C(=O)C=C(C)C4CC4)CC3)c2c1. The molecule has 2 heterocycles. The molecule has 1 aromatic heterocycles. The molecular weight excluding hydrogens is 312 g/mol. The highest BCUT2D eigenvalue weighted by Gasteiger charge is 2.25. The zero-order valence-electron chi connectivity index (χ0n) is 14.8. The van der Waals surface area contributed by atoms with E-state index in [1.807, 2.05) is 23.1 Å². The fraction of sp³-hybridized carbons (Fsp3) is 0.381. The minimum absolute atomic E-state index is 0.153. The van der Waals surface area contributed by atoms with Crippen LogP contribution in [0.4, 0.5) is 0 Å². The van der Waals surface area contributed by atoms with Gasteiger partial charge in [0, 0.05) is 41.8 Å². The number of fused-ring (bicyclic) bond motifs is 1. The Morgan fingerprint density at radius 3 is 2.88 bits per heavy atom. The van der Waals surface area contributed by atoms with Crippen LogP contribution in [0.2, 0.25) is 0 Å². The van der Waals surface area contributed by atoms with Crippen molar-refractivity contribution in [2.24, 2.45) is 5.92 Å². The van der Waals surface area contributed by atoms with Gasteiger partial charge in [-0.25, -0.2) is 0 Å². The average molecular weight is 336 g/mol. The molecule has 2 aromatic rings. The molecule has 0 atom stereocenters. The van der Waals surface area contributed by atoms with Crippen LogP contribution in [0.5, 0.6) is 5.75 Å². The fourth-order valence-corrected chi connectivity index (χ4v) is 3.55. The number of aromatic nitrogens is 1. The fourth-order valence-electron chi connectivity index (χ4n) is 3.55. The van der Waals surface area contributed by atoms with Gasteiger partial charge in [-0.05, 0) is 55.9 Å². The number of amides is 1. The van der Waals surface area contributed by atoms with Crippen molar-refractivity contribution in [2.75, 3.05) is 20.2 Å². The van der Waals surface area contributed by atoms with Crippen molar-refractivity contribution in [1.29, 1.82) is 0 Å². The van der Waals surface area contributed by atoms with Gasteiger partial charge in [-0.2, -0.15) is 0 Å². The number of hydrogen-bond acceptors (Lipinski definition) is 2. The van der Waals surface area contributed by atoms with E-state index in [0.29, 0.717) is 12.5 Å². The van der Waals surface area contributed by atoms with Crippen molar-refractivity contribution >= 4 is 22.4 Å². The molecule has 1 saturated carbocycles. The summed E-state index contributed by atoms with van der Waals surface area (Å²) >= 11 is 0. The van der Waals surface area contributed by atoms with E-state index in [9.17, 15) is 4.79 Å². The topological polar surface area (TPSA) is 45.3 Å². The summed E-state index contributed by atoms with van der Waals surface area (Å²) in [5, 5.41) is 1.18. The number of ether oxygens (including phenoxy) is 1. The van der Waals surface area contributed by atoms with E-state index in [0.717, 1.165) is 24.2 Å². The lowest BCUT2D eigenvalue weighted by Crippen LogP contribution is -2.33. The maximum absolute atomic E-state index is 12.4. The molecular formula is C21H24N2O2. The molecule has 0 radical (unpaired) electrons. The third-order valence-electron chi connectivity index (χ3n) is 5.33. The van der Waals surface area contributed by atoms with Crippen LogP contribution in [0.25, 0.3) is 16.5 Å². The van der Waals surface area contributed by atoms with E-state index in [1.54, 1.807) is 7.11 Å². The predicted molar refractivity (Wildman–Crippen MR) is 101 cm³/mol. The first-order valence-corrected chi connectivity index (χ1v) is 8.97. The van der Waals surface area contributed by atoms with Crippen molar-refractivity contribution in [3.05, 3.63) is 47.7 Å². The molecule has 1 fully saturated rings. The second-order valence-electron chi connectivity index (χ2n) is 7.04. The highest BCUT2D eigenvalue weighted by atomic mass is 16.5. The molecule has 1 aliphatic heterocycles. The zero-order chi connectivity index (χ0) is 17.4. The minimum atomic E-state index is 0.153. The van der Waals surface area contributed by atoms with Gasteiger partial charge in [0.05, 0.1) is 7.11 Å². The largest absolute Gasteiger partial charge is 0.497 e. The van der Waals surface area contributed by atoms with E-state index in [1.165, 1.54) is 34.9 Å². The number of benzene rings is 1. The number of rotatable bonds is 4. The summed E-state index contributed by atoms with van der Waals surface area (Å²) in [6.07, 6.45) is 9.45. The molecule has 25 heavy (non-hydrogen) atoms. The van der Waals surface area contributed by atoms with Gasteiger partial charge in [-0.1, -0.05) is 11.6 Å². The number of hydrogen-bond donors (Lipinski definition) is 1. The lowest BCUT2D eigenvalue weighted by Gasteiger charge is -2.25. The number of aromatic amines is 1. The highest BCUT2D eigenvalue weighted by Crippen LogP contribution is 2.36. The van der Waals surface area contributed by atoms with Gasteiger partial charge in [-0.3, -0.25) is 4.79 Å². The summed E-state index contributed by atoms with van der Waals surface area (Å²) < 4.78 is 5.35. The van der Waals surface area contributed by atoms with E-state index in [4.69, 9.17) is 4.74 Å². The standard InChI is InChI=1S/C21H24N2O2/c1-14(15-3-4-15)11-21(24)23-9-7-16(8-10-23)19-13-22-20-6-5-17(25-2)12-18(19)20/h5-7,11-13,15,22H,3-4,8-10H2,1-2H3. The van der Waals surface area contributed by atoms with Crippen LogP contribution in [-0.2, 0) is 4.79 Å². The Kier molecular flexibility index (Phi) is 4.12. The second kappa shape index (κ2) is 6.43. The number of allylic oxidation sites excluding steroid dienone is 1. The number of carbonyl (C=O) groups excluding carboxylic acids is 1. The maximum Gasteiger partial charge on any atom is 0.246 e. The van der Waals surface area contributed by atoms with Crippen LogP contribution in [0.15, 0.2) is 42.1 Å². The van der Waals surface area contributed by atoms with Gasteiger partial charge in [-0.15, -0.1) is 0 Å². The lowest BCUT2D eigenvalue weighted by atomic mass is 9.98. The number of nitrogens with zero attached hydrogens (tertiary/aromatic N) is 1. The molecule has 4 rings (SSSR count). The molecule has 1 amide bonds. The van der Waals surface area contributed by atoms with Gasteiger partial charge in [0.15, 0.2) is 0 Å². The summed E-state index contributed by atoms with van der Waals surface area (Å²) in [4.78, 5) is 17.7. The molecule has 1 aliphatic carbocycles. The highest BCUT2D eigenvalue weighted by molar-refractivity contribution is 5.94. The van der Waals surface area contributed by atoms with Crippen molar-refractivity contribution < 1.29 is 9.53 Å². The molecule has 130 valence electrons. The molecule has 1 N–H and O–H groups in total. The number of methoxy groups -OCH3 is 1. The lowest BCUT2D eigenvalue weighted by molar-refractivity contribution is -0.125. The summed E-state index contributed by atoms with van der Waals surface area (Å²) in [7, 11) is 1.69. The molecule has 4 heteroatoms. The third kappa shape index (κ3) is 3.21. The average Bonchev–Trinajstić information content (AvgIpc) is 3.41. The van der Waals surface area contributed by atoms with Gasteiger partial charge in [0.2, 0.25) is 5.91 Å². The molecule has 0 saturated heterocycles. The van der Waals surface area contributed by atoms with Gasteiger partial charge in [0.25, 0.3) is 0 Å². The van der Waals surface area contributed by atoms with Crippen molar-refractivity contribution in [3.8, 4) is 5.75 Å². The number of nitrogens with one attached hydrogen (secondary N) is 1. The molecule has 4 nitrogen and oxygen atoms in total. The Labute approximate surface area is 148 Å². The van der Waals surface area contributed by atoms with Crippen LogP contribution in [0, 0.1) is 5.92 Å². The first-order valence-electron chi connectivity index (χ1n) is 8.97. The first kappa shape index (κ1) is 16.0. The summed E-state index contributed by atoms with van der Waals surface area (Å²) in [5.41, 5.74) is 4.86. The van der Waals surface area contributed by atoms with Crippen LogP contribution < -0.4 is 4.74 Å². The Balaban J connectivity index is 1.52. The zero-order valence-corrected chi connectivity index (χ0v) is 14.8. The predicted octanol–water partition coefficient (Wildman–Crippen LogP) is 4.15. The second-order valence-corrected chi connectivity index (χ2v) is 7.04. The van der Waals surface area contributed by atoms with E-state index < -0.39 is 0 Å². The Morgan fingerprint density at radius 2 is 2.20 bits per heavy atom. The van der Waals surface area contributed by atoms with Gasteiger partial charge < -0.3 is 14.6 Å². The van der Waals surface area contributed by atoms with Crippen molar-refractivity contribution in [3.63, 3.8) is 0 Å². The Bertz CT molecular complexity index is 871. The Morgan fingerprint density at radius 1 is 1.36 bits per heavy atom. The van der Waals surface area contributed by atoms with Crippen LogP contribution in [0.3, 0.4) is 0 Å². The smallest absolute Gasteiger partial charge is 0.246 e. The van der Waals surface area contributed by atoms with Crippen molar-refractivity contribution in [2.45, 2.75) is 26.2 Å². The maximum atomic E-state index is 12.4. The number of carbonyl (C=O) groups is 1. The Hall–Kier alpha value is -2.49. The summed E-state index contributed by atoms with van der Waals surface area (Å²) in [5.74, 6) is 1.67. The van der Waals surface area contributed by atoms with Gasteiger partial charge >= 0.3 is 0 Å². The van der Waals surface area contributed by atoms with E-state index >= 15 is 0 Å². The minimum Gasteiger partial charge on any atom is -0.497 e. The van der Waals surface area contributed by atoms with Gasteiger partial charge in [0.1, 0.15) is 5.75 Å². The van der Waals surface area contributed by atoms with E-state index in [2.05, 4.69) is 30.2 Å². The summed E-state index contributed by atoms with van der Waals surface area (Å²) in [6, 6.07) is 6.08. The van der Waals surface area contributed by atoms with Crippen LogP contribution >= 0.6 is 0 Å². The van der Waals surface area contributed by atoms with Crippen molar-refractivity contribution in [1.82, 2.24) is 9.88 Å². The third-order valence-corrected chi connectivity index (χ3v) is 5.33. The first-order chi connectivity index (χ1) is 12.2. The molecule has 0 spiro atoms.